The van der Waals surface area contributed by atoms with Crippen LogP contribution >= 0.6 is 11.8 Å². The average Bonchev–Trinajstić information content (AvgIpc) is 2.38. The maximum absolute atomic E-state index is 12.1. The maximum atomic E-state index is 12.1. The second-order valence-corrected chi connectivity index (χ2v) is 6.61. The van der Waals surface area contributed by atoms with Gasteiger partial charge in [0.2, 0.25) is 10.0 Å². The SMILES string of the molecule is CCC(CSC)NS(=O)(=O)c1ccc(CO)cc1. The van der Waals surface area contributed by atoms with Gasteiger partial charge in [0.1, 0.15) is 0 Å². The molecule has 0 spiro atoms. The molecular formula is C12H19NO3S2. The lowest BCUT2D eigenvalue weighted by Gasteiger charge is -2.16. The molecule has 0 aliphatic rings. The van der Waals surface area contributed by atoms with Crippen molar-refractivity contribution in [3.05, 3.63) is 29.8 Å². The molecule has 1 aromatic rings. The quantitative estimate of drug-likeness (QED) is 0.800. The first-order valence-corrected chi connectivity index (χ1v) is 8.62. The molecule has 0 saturated carbocycles. The summed E-state index contributed by atoms with van der Waals surface area (Å²) in [5, 5.41) is 8.92. The smallest absolute Gasteiger partial charge is 0.240 e. The van der Waals surface area contributed by atoms with Gasteiger partial charge in [-0.25, -0.2) is 13.1 Å². The number of thioether (sulfide) groups is 1. The van der Waals surface area contributed by atoms with Crippen LogP contribution in [0, 0.1) is 0 Å². The van der Waals surface area contributed by atoms with Crippen LogP contribution in [0.1, 0.15) is 18.9 Å². The number of sulfonamides is 1. The number of nitrogens with one attached hydrogen (secondary N) is 1. The van der Waals surface area contributed by atoms with Crippen LogP contribution in [-0.4, -0.2) is 31.6 Å². The molecule has 1 atom stereocenters. The molecule has 0 amide bonds. The minimum Gasteiger partial charge on any atom is -0.392 e. The zero-order chi connectivity index (χ0) is 13.6. The van der Waals surface area contributed by atoms with Crippen LogP contribution in [0.15, 0.2) is 29.2 Å². The third-order valence-corrected chi connectivity index (χ3v) is 4.87. The fourth-order valence-corrected chi connectivity index (χ4v) is 3.64. The second kappa shape index (κ2) is 7.13. The summed E-state index contributed by atoms with van der Waals surface area (Å²) in [5.74, 6) is 0.754. The summed E-state index contributed by atoms with van der Waals surface area (Å²) in [6, 6.07) is 6.20. The van der Waals surface area contributed by atoms with Crippen molar-refractivity contribution in [2.24, 2.45) is 0 Å². The van der Waals surface area contributed by atoms with E-state index >= 15 is 0 Å². The molecule has 0 aliphatic heterocycles. The van der Waals surface area contributed by atoms with Crippen molar-refractivity contribution in [3.63, 3.8) is 0 Å². The van der Waals surface area contributed by atoms with Crippen molar-refractivity contribution in [2.45, 2.75) is 30.9 Å². The molecule has 0 bridgehead atoms. The largest absolute Gasteiger partial charge is 0.392 e. The molecule has 0 aliphatic carbocycles. The molecular weight excluding hydrogens is 270 g/mol. The van der Waals surface area contributed by atoms with Gasteiger partial charge in [0.25, 0.3) is 0 Å². The van der Waals surface area contributed by atoms with Crippen LogP contribution in [0.25, 0.3) is 0 Å². The average molecular weight is 289 g/mol. The topological polar surface area (TPSA) is 66.4 Å². The van der Waals surface area contributed by atoms with E-state index in [1.165, 1.54) is 12.1 Å². The lowest BCUT2D eigenvalue weighted by Crippen LogP contribution is -2.36. The van der Waals surface area contributed by atoms with E-state index in [0.29, 0.717) is 5.56 Å². The van der Waals surface area contributed by atoms with Crippen molar-refractivity contribution in [3.8, 4) is 0 Å². The molecule has 0 saturated heterocycles. The van der Waals surface area contributed by atoms with Crippen molar-refractivity contribution in [1.29, 1.82) is 0 Å². The molecule has 0 radical (unpaired) electrons. The Labute approximate surface area is 113 Å². The van der Waals surface area contributed by atoms with E-state index in [0.717, 1.165) is 12.2 Å². The fraction of sp³-hybridized carbons (Fsp3) is 0.500. The third-order valence-electron chi connectivity index (χ3n) is 2.60. The summed E-state index contributed by atoms with van der Waals surface area (Å²) in [6.45, 7) is 1.87. The molecule has 18 heavy (non-hydrogen) atoms. The molecule has 6 heteroatoms. The van der Waals surface area contributed by atoms with Crippen LogP contribution in [0.3, 0.4) is 0 Å². The van der Waals surface area contributed by atoms with E-state index in [2.05, 4.69) is 4.72 Å². The zero-order valence-corrected chi connectivity index (χ0v) is 12.2. The summed E-state index contributed by atoms with van der Waals surface area (Å²) in [4.78, 5) is 0.235. The first kappa shape index (κ1) is 15.5. The Morgan fingerprint density at radius 1 is 1.33 bits per heavy atom. The Hall–Kier alpha value is -0.560. The van der Waals surface area contributed by atoms with Gasteiger partial charge >= 0.3 is 0 Å². The number of rotatable bonds is 7. The van der Waals surface area contributed by atoms with Gasteiger partial charge in [0.05, 0.1) is 11.5 Å². The van der Waals surface area contributed by atoms with E-state index in [9.17, 15) is 8.42 Å². The summed E-state index contributed by atoms with van der Waals surface area (Å²) in [5.41, 5.74) is 0.699. The molecule has 0 aromatic heterocycles. The highest BCUT2D eigenvalue weighted by Crippen LogP contribution is 2.12. The van der Waals surface area contributed by atoms with Gasteiger partial charge in [0.15, 0.2) is 0 Å². The van der Waals surface area contributed by atoms with Gasteiger partial charge in [-0.2, -0.15) is 11.8 Å². The number of hydrogen-bond acceptors (Lipinski definition) is 4. The zero-order valence-electron chi connectivity index (χ0n) is 10.6. The van der Waals surface area contributed by atoms with Crippen molar-refractivity contribution < 1.29 is 13.5 Å². The first-order valence-electron chi connectivity index (χ1n) is 5.74. The van der Waals surface area contributed by atoms with Gasteiger partial charge in [0, 0.05) is 11.8 Å². The minimum absolute atomic E-state index is 0.0532. The highest BCUT2D eigenvalue weighted by molar-refractivity contribution is 7.98. The normalized spacial score (nSPS) is 13.5. The first-order chi connectivity index (χ1) is 8.53. The molecule has 4 nitrogen and oxygen atoms in total. The Morgan fingerprint density at radius 2 is 1.94 bits per heavy atom. The number of benzene rings is 1. The van der Waals surface area contributed by atoms with Crippen LogP contribution in [-0.2, 0) is 16.6 Å². The van der Waals surface area contributed by atoms with Crippen molar-refractivity contribution in [1.82, 2.24) is 4.72 Å². The van der Waals surface area contributed by atoms with Crippen LogP contribution in [0.5, 0.6) is 0 Å². The molecule has 0 heterocycles. The lowest BCUT2D eigenvalue weighted by molar-refractivity contribution is 0.282. The van der Waals surface area contributed by atoms with E-state index in [1.807, 2.05) is 13.2 Å². The van der Waals surface area contributed by atoms with Gasteiger partial charge in [-0.1, -0.05) is 19.1 Å². The predicted octanol–water partition coefficient (Wildman–Crippen LogP) is 1.60. The lowest BCUT2D eigenvalue weighted by atomic mass is 10.2. The summed E-state index contributed by atoms with van der Waals surface area (Å²) in [6.07, 6.45) is 2.71. The third kappa shape index (κ3) is 4.28. The minimum atomic E-state index is -3.46. The Morgan fingerprint density at radius 3 is 2.39 bits per heavy atom. The van der Waals surface area contributed by atoms with Crippen molar-refractivity contribution in [2.75, 3.05) is 12.0 Å². The summed E-state index contributed by atoms with van der Waals surface area (Å²) >= 11 is 1.62. The Balaban J connectivity index is 2.84. The predicted molar refractivity (Wildman–Crippen MR) is 75.1 cm³/mol. The molecule has 2 N–H and O–H groups in total. The standard InChI is InChI=1S/C12H19NO3S2/c1-3-11(9-17-2)13-18(15,16)12-6-4-10(8-14)5-7-12/h4-7,11,13-14H,3,8-9H2,1-2H3. The fourth-order valence-electron chi connectivity index (χ4n) is 1.50. The van der Waals surface area contributed by atoms with Gasteiger partial charge < -0.3 is 5.11 Å². The van der Waals surface area contributed by atoms with Crippen LogP contribution in [0.2, 0.25) is 0 Å². The maximum Gasteiger partial charge on any atom is 0.240 e. The van der Waals surface area contributed by atoms with E-state index < -0.39 is 10.0 Å². The van der Waals surface area contributed by atoms with E-state index in [4.69, 9.17) is 5.11 Å². The van der Waals surface area contributed by atoms with Gasteiger partial charge in [-0.15, -0.1) is 0 Å². The molecule has 1 aromatic carbocycles. The van der Waals surface area contributed by atoms with E-state index in [1.54, 1.807) is 23.9 Å². The summed E-state index contributed by atoms with van der Waals surface area (Å²) in [7, 11) is -3.46. The molecule has 0 fully saturated rings. The highest BCUT2D eigenvalue weighted by Gasteiger charge is 2.18. The number of aliphatic hydroxyl groups excluding tert-OH is 1. The highest BCUT2D eigenvalue weighted by atomic mass is 32.2. The van der Waals surface area contributed by atoms with Gasteiger partial charge in [-0.3, -0.25) is 0 Å². The van der Waals surface area contributed by atoms with Crippen LogP contribution in [0.4, 0.5) is 0 Å². The number of hydrogen-bond donors (Lipinski definition) is 2. The van der Waals surface area contributed by atoms with Gasteiger partial charge in [-0.05, 0) is 30.4 Å². The van der Waals surface area contributed by atoms with Crippen molar-refractivity contribution >= 4 is 21.8 Å². The molecule has 1 unspecified atom stereocenters. The van der Waals surface area contributed by atoms with E-state index in [-0.39, 0.29) is 17.5 Å². The Bertz CT molecular complexity index is 457. The molecule has 102 valence electrons. The number of aliphatic hydroxyl groups is 1. The van der Waals surface area contributed by atoms with Crippen LogP contribution < -0.4 is 4.72 Å². The monoisotopic (exact) mass is 289 g/mol. The summed E-state index contributed by atoms with van der Waals surface area (Å²) < 4.78 is 26.9. The molecule has 1 rings (SSSR count). The Kier molecular flexibility index (Phi) is 6.14. The second-order valence-electron chi connectivity index (χ2n) is 3.98.